The van der Waals surface area contributed by atoms with E-state index in [0.717, 1.165) is 26.9 Å². The summed E-state index contributed by atoms with van der Waals surface area (Å²) in [4.78, 5) is 0. The second-order valence-corrected chi connectivity index (χ2v) is 6.05. The lowest BCUT2D eigenvalue weighted by atomic mass is 10.0. The van der Waals surface area contributed by atoms with Gasteiger partial charge in [-0.2, -0.15) is 5.10 Å². The minimum absolute atomic E-state index is 0.614. The molecule has 3 nitrogen and oxygen atoms in total. The summed E-state index contributed by atoms with van der Waals surface area (Å²) in [5, 5.41) is 5.20. The first-order valence-electron chi connectivity index (χ1n) is 6.41. The van der Waals surface area contributed by atoms with Crippen LogP contribution in [0.1, 0.15) is 0 Å². The van der Waals surface area contributed by atoms with Crippen molar-refractivity contribution < 1.29 is 0 Å². The topological polar surface area (TPSA) is 43.8 Å². The number of hydrogen-bond acceptors (Lipinski definition) is 2. The van der Waals surface area contributed by atoms with E-state index in [0.29, 0.717) is 10.8 Å². The Hall–Kier alpha value is -1.78. The summed E-state index contributed by atoms with van der Waals surface area (Å²) < 4.78 is 2.67. The van der Waals surface area contributed by atoms with Gasteiger partial charge in [0, 0.05) is 17.1 Å². The minimum Gasteiger partial charge on any atom is -0.383 e. The highest BCUT2D eigenvalue weighted by Crippen LogP contribution is 2.39. The van der Waals surface area contributed by atoms with E-state index in [2.05, 4.69) is 21.0 Å². The third-order valence-electron chi connectivity index (χ3n) is 3.33. The predicted octanol–water partition coefficient (Wildman–Crippen LogP) is 4.75. The van der Waals surface area contributed by atoms with Gasteiger partial charge in [0.1, 0.15) is 11.5 Å². The lowest BCUT2D eigenvalue weighted by Crippen LogP contribution is -1.97. The Morgan fingerprint density at radius 1 is 1.14 bits per heavy atom. The molecule has 0 bridgehead atoms. The zero-order valence-electron chi connectivity index (χ0n) is 11.3. The molecule has 106 valence electrons. The van der Waals surface area contributed by atoms with Crippen molar-refractivity contribution in [3.63, 3.8) is 0 Å². The van der Waals surface area contributed by atoms with Crippen molar-refractivity contribution in [3.05, 3.63) is 58.0 Å². The summed E-state index contributed by atoms with van der Waals surface area (Å²) in [7, 11) is 1.83. The number of nitrogen functional groups attached to an aromatic ring is 1. The first kappa shape index (κ1) is 14.2. The molecular formula is C16H13BrClN3. The number of nitrogens with two attached hydrogens (primary N) is 1. The van der Waals surface area contributed by atoms with Crippen molar-refractivity contribution >= 4 is 33.3 Å². The molecule has 3 aromatic rings. The molecule has 0 saturated carbocycles. The predicted molar refractivity (Wildman–Crippen MR) is 91.2 cm³/mol. The highest BCUT2D eigenvalue weighted by atomic mass is 79.9. The van der Waals surface area contributed by atoms with Gasteiger partial charge >= 0.3 is 0 Å². The van der Waals surface area contributed by atoms with E-state index in [1.165, 1.54) is 0 Å². The highest BCUT2D eigenvalue weighted by Gasteiger charge is 2.19. The fourth-order valence-corrected chi connectivity index (χ4v) is 2.93. The average Bonchev–Trinajstić information content (AvgIpc) is 2.75. The van der Waals surface area contributed by atoms with Gasteiger partial charge in [0.25, 0.3) is 0 Å². The van der Waals surface area contributed by atoms with Gasteiger partial charge in [-0.15, -0.1) is 0 Å². The summed E-state index contributed by atoms with van der Waals surface area (Å²) in [5.74, 6) is 0.614. The Labute approximate surface area is 136 Å². The SMILES string of the molecule is Cn1nc(-c2ccccc2Cl)c(-c2cccc(Br)c2)c1N. The monoisotopic (exact) mass is 361 g/mol. The van der Waals surface area contributed by atoms with E-state index >= 15 is 0 Å². The number of rotatable bonds is 2. The Morgan fingerprint density at radius 2 is 1.90 bits per heavy atom. The number of halogens is 2. The molecule has 0 aliphatic heterocycles. The fraction of sp³-hybridized carbons (Fsp3) is 0.0625. The van der Waals surface area contributed by atoms with Crippen LogP contribution in [0.2, 0.25) is 5.02 Å². The van der Waals surface area contributed by atoms with Crippen molar-refractivity contribution in [2.75, 3.05) is 5.73 Å². The third-order valence-corrected chi connectivity index (χ3v) is 4.16. The number of anilines is 1. The zero-order valence-corrected chi connectivity index (χ0v) is 13.7. The first-order chi connectivity index (χ1) is 10.1. The molecular weight excluding hydrogens is 350 g/mol. The number of aromatic nitrogens is 2. The summed E-state index contributed by atoms with van der Waals surface area (Å²) in [6, 6.07) is 15.6. The average molecular weight is 363 g/mol. The Kier molecular flexibility index (Phi) is 3.74. The van der Waals surface area contributed by atoms with E-state index in [1.807, 2.05) is 55.6 Å². The van der Waals surface area contributed by atoms with Crippen LogP contribution in [0, 0.1) is 0 Å². The molecule has 0 radical (unpaired) electrons. The molecule has 1 heterocycles. The summed E-state index contributed by atoms with van der Waals surface area (Å²) in [6.45, 7) is 0. The van der Waals surface area contributed by atoms with E-state index in [1.54, 1.807) is 4.68 Å². The van der Waals surface area contributed by atoms with E-state index in [-0.39, 0.29) is 0 Å². The molecule has 2 N–H and O–H groups in total. The van der Waals surface area contributed by atoms with Gasteiger partial charge in [-0.05, 0) is 23.8 Å². The van der Waals surface area contributed by atoms with Crippen molar-refractivity contribution in [2.45, 2.75) is 0 Å². The van der Waals surface area contributed by atoms with Crippen LogP contribution < -0.4 is 5.73 Å². The first-order valence-corrected chi connectivity index (χ1v) is 7.58. The van der Waals surface area contributed by atoms with Crippen molar-refractivity contribution in [1.29, 1.82) is 0 Å². The minimum atomic E-state index is 0.614. The van der Waals surface area contributed by atoms with Crippen molar-refractivity contribution in [2.24, 2.45) is 7.05 Å². The molecule has 0 unspecified atom stereocenters. The number of hydrogen-bond donors (Lipinski definition) is 1. The maximum absolute atomic E-state index is 6.31. The Balaban J connectivity index is 2.29. The van der Waals surface area contributed by atoms with Crippen LogP contribution in [0.25, 0.3) is 22.4 Å². The van der Waals surface area contributed by atoms with E-state index in [9.17, 15) is 0 Å². The lowest BCUT2D eigenvalue weighted by molar-refractivity contribution is 0.782. The fourth-order valence-electron chi connectivity index (χ4n) is 2.31. The zero-order chi connectivity index (χ0) is 15.0. The molecule has 0 atom stereocenters. The molecule has 0 amide bonds. The van der Waals surface area contributed by atoms with Gasteiger partial charge in [-0.3, -0.25) is 4.68 Å². The quantitative estimate of drug-likeness (QED) is 0.715. The molecule has 21 heavy (non-hydrogen) atoms. The molecule has 0 spiro atoms. The molecule has 0 saturated heterocycles. The van der Waals surface area contributed by atoms with Gasteiger partial charge in [-0.25, -0.2) is 0 Å². The smallest absolute Gasteiger partial charge is 0.129 e. The van der Waals surface area contributed by atoms with Crippen LogP contribution in [0.5, 0.6) is 0 Å². The van der Waals surface area contributed by atoms with E-state index in [4.69, 9.17) is 17.3 Å². The Bertz CT molecular complexity index is 811. The standard InChI is InChI=1S/C16H13BrClN3/c1-21-16(19)14(10-5-4-6-11(17)9-10)15(20-21)12-7-2-3-8-13(12)18/h2-9H,19H2,1H3. The van der Waals surface area contributed by atoms with Gasteiger partial charge in [-0.1, -0.05) is 57.9 Å². The maximum Gasteiger partial charge on any atom is 0.129 e. The van der Waals surface area contributed by atoms with Crippen LogP contribution in [0.3, 0.4) is 0 Å². The molecule has 0 aliphatic carbocycles. The molecule has 0 fully saturated rings. The van der Waals surface area contributed by atoms with Crippen molar-refractivity contribution in [1.82, 2.24) is 9.78 Å². The molecule has 1 aromatic heterocycles. The number of benzene rings is 2. The third kappa shape index (κ3) is 2.57. The molecule has 2 aromatic carbocycles. The van der Waals surface area contributed by atoms with Gasteiger partial charge in [0.05, 0.1) is 10.6 Å². The molecule has 3 rings (SSSR count). The van der Waals surface area contributed by atoms with Crippen LogP contribution in [-0.2, 0) is 7.05 Å². The number of aryl methyl sites for hydroxylation is 1. The van der Waals surface area contributed by atoms with E-state index < -0.39 is 0 Å². The lowest BCUT2D eigenvalue weighted by Gasteiger charge is -2.06. The molecule has 0 aliphatic rings. The number of nitrogens with zero attached hydrogens (tertiary/aromatic N) is 2. The van der Waals surface area contributed by atoms with Crippen LogP contribution >= 0.6 is 27.5 Å². The normalized spacial score (nSPS) is 10.8. The second kappa shape index (κ2) is 5.54. The second-order valence-electron chi connectivity index (χ2n) is 4.72. The van der Waals surface area contributed by atoms with Gasteiger partial charge in [0.15, 0.2) is 0 Å². The largest absolute Gasteiger partial charge is 0.383 e. The van der Waals surface area contributed by atoms with Crippen LogP contribution in [0.15, 0.2) is 53.0 Å². The summed E-state index contributed by atoms with van der Waals surface area (Å²) >= 11 is 9.80. The summed E-state index contributed by atoms with van der Waals surface area (Å²) in [5.41, 5.74) is 9.78. The maximum atomic E-state index is 6.31. The Morgan fingerprint density at radius 3 is 2.62 bits per heavy atom. The summed E-state index contributed by atoms with van der Waals surface area (Å²) in [6.07, 6.45) is 0. The van der Waals surface area contributed by atoms with Crippen molar-refractivity contribution in [3.8, 4) is 22.4 Å². The van der Waals surface area contributed by atoms with Crippen LogP contribution in [0.4, 0.5) is 5.82 Å². The van der Waals surface area contributed by atoms with Gasteiger partial charge < -0.3 is 5.73 Å². The highest BCUT2D eigenvalue weighted by molar-refractivity contribution is 9.10. The van der Waals surface area contributed by atoms with Gasteiger partial charge in [0.2, 0.25) is 0 Å². The molecule has 5 heteroatoms. The van der Waals surface area contributed by atoms with Crippen LogP contribution in [-0.4, -0.2) is 9.78 Å².